The fourth-order valence-corrected chi connectivity index (χ4v) is 1.34. The van der Waals surface area contributed by atoms with E-state index in [2.05, 4.69) is 5.10 Å². The number of aryl methyl sites for hydroxylation is 1. The van der Waals surface area contributed by atoms with Gasteiger partial charge >= 0.3 is 0 Å². The second-order valence-electron chi connectivity index (χ2n) is 3.05. The fraction of sp³-hybridized carbons (Fsp3) is 0.625. The monoisotopic (exact) mass is 168 g/mol. The predicted molar refractivity (Wildman–Crippen MR) is 42.5 cm³/mol. The van der Waals surface area contributed by atoms with Gasteiger partial charge in [0.05, 0.1) is 19.4 Å². The van der Waals surface area contributed by atoms with Crippen LogP contribution in [0.2, 0.25) is 0 Å². The maximum atomic E-state index is 5.46. The predicted octanol–water partition coefficient (Wildman–Crippen LogP) is 0.640. The first-order chi connectivity index (χ1) is 5.71. The second-order valence-corrected chi connectivity index (χ2v) is 3.05. The van der Waals surface area contributed by atoms with Crippen LogP contribution in [-0.2, 0) is 22.3 Å². The maximum Gasteiger partial charge on any atom is 0.195 e. The van der Waals surface area contributed by atoms with Crippen LogP contribution < -0.4 is 0 Å². The van der Waals surface area contributed by atoms with E-state index in [1.165, 1.54) is 0 Å². The first-order valence-electron chi connectivity index (χ1n) is 3.98. The smallest absolute Gasteiger partial charge is 0.195 e. The van der Waals surface area contributed by atoms with Crippen molar-refractivity contribution in [2.45, 2.75) is 12.7 Å². The van der Waals surface area contributed by atoms with Gasteiger partial charge in [0.1, 0.15) is 0 Å². The summed E-state index contributed by atoms with van der Waals surface area (Å²) in [6, 6.07) is 0. The SMILES string of the molecule is Cn1cc(C2(C)OCCO2)cn1. The Bertz CT molecular complexity index is 276. The lowest BCUT2D eigenvalue weighted by Gasteiger charge is -2.19. The minimum atomic E-state index is -0.575. The summed E-state index contributed by atoms with van der Waals surface area (Å²) in [5.41, 5.74) is 0.975. The zero-order valence-corrected chi connectivity index (χ0v) is 7.28. The summed E-state index contributed by atoms with van der Waals surface area (Å²) in [6.45, 7) is 3.23. The summed E-state index contributed by atoms with van der Waals surface area (Å²) in [5, 5.41) is 4.06. The first-order valence-corrected chi connectivity index (χ1v) is 3.98. The zero-order chi connectivity index (χ0) is 8.60. The van der Waals surface area contributed by atoms with E-state index in [4.69, 9.17) is 9.47 Å². The molecule has 0 bridgehead atoms. The number of nitrogens with zero attached hydrogens (tertiary/aromatic N) is 2. The van der Waals surface area contributed by atoms with Crippen molar-refractivity contribution in [3.8, 4) is 0 Å². The van der Waals surface area contributed by atoms with E-state index in [1.54, 1.807) is 10.9 Å². The van der Waals surface area contributed by atoms with Gasteiger partial charge in [-0.25, -0.2) is 0 Å². The van der Waals surface area contributed by atoms with Gasteiger partial charge in [-0.1, -0.05) is 0 Å². The summed E-state index contributed by atoms with van der Waals surface area (Å²) in [4.78, 5) is 0. The quantitative estimate of drug-likeness (QED) is 0.617. The average molecular weight is 168 g/mol. The molecule has 0 aromatic carbocycles. The number of rotatable bonds is 1. The van der Waals surface area contributed by atoms with Crippen LogP contribution in [0.15, 0.2) is 12.4 Å². The Morgan fingerprint density at radius 3 is 2.67 bits per heavy atom. The molecule has 1 aromatic rings. The van der Waals surface area contributed by atoms with E-state index < -0.39 is 5.79 Å². The van der Waals surface area contributed by atoms with Gasteiger partial charge in [0.2, 0.25) is 0 Å². The summed E-state index contributed by atoms with van der Waals surface area (Å²) >= 11 is 0. The summed E-state index contributed by atoms with van der Waals surface area (Å²) < 4.78 is 12.7. The molecule has 2 heterocycles. The molecule has 1 aliphatic heterocycles. The van der Waals surface area contributed by atoms with Gasteiger partial charge in [0.15, 0.2) is 5.79 Å². The molecule has 0 saturated carbocycles. The second kappa shape index (κ2) is 2.57. The molecule has 66 valence electrons. The third-order valence-corrected chi connectivity index (χ3v) is 2.07. The van der Waals surface area contributed by atoms with Crippen LogP contribution >= 0.6 is 0 Å². The van der Waals surface area contributed by atoms with Gasteiger partial charge < -0.3 is 9.47 Å². The van der Waals surface area contributed by atoms with Crippen molar-refractivity contribution in [2.24, 2.45) is 7.05 Å². The molecule has 12 heavy (non-hydrogen) atoms. The van der Waals surface area contributed by atoms with Gasteiger partial charge in [0.25, 0.3) is 0 Å². The zero-order valence-electron chi connectivity index (χ0n) is 7.28. The van der Waals surface area contributed by atoms with Crippen LogP contribution in [0.1, 0.15) is 12.5 Å². The summed E-state index contributed by atoms with van der Waals surface area (Å²) in [6.07, 6.45) is 3.68. The van der Waals surface area contributed by atoms with Crippen LogP contribution in [0.4, 0.5) is 0 Å². The Morgan fingerprint density at radius 2 is 2.17 bits per heavy atom. The molecule has 0 spiro atoms. The van der Waals surface area contributed by atoms with E-state index in [1.807, 2.05) is 20.2 Å². The molecule has 1 fully saturated rings. The molecular weight excluding hydrogens is 156 g/mol. The molecule has 0 radical (unpaired) electrons. The van der Waals surface area contributed by atoms with Crippen molar-refractivity contribution in [3.05, 3.63) is 18.0 Å². The van der Waals surface area contributed by atoms with Gasteiger partial charge in [-0.3, -0.25) is 4.68 Å². The first kappa shape index (κ1) is 7.76. The lowest BCUT2D eigenvalue weighted by atomic mass is 10.2. The number of aromatic nitrogens is 2. The molecule has 4 heteroatoms. The third kappa shape index (κ3) is 1.13. The Labute approximate surface area is 71.1 Å². The highest BCUT2D eigenvalue weighted by Crippen LogP contribution is 2.29. The molecule has 0 aliphatic carbocycles. The van der Waals surface area contributed by atoms with Crippen molar-refractivity contribution in [3.63, 3.8) is 0 Å². The molecule has 2 rings (SSSR count). The highest BCUT2D eigenvalue weighted by Gasteiger charge is 2.34. The van der Waals surface area contributed by atoms with Gasteiger partial charge in [-0.05, 0) is 6.92 Å². The fourth-order valence-electron chi connectivity index (χ4n) is 1.34. The Hall–Kier alpha value is -0.870. The van der Waals surface area contributed by atoms with Gasteiger partial charge in [-0.15, -0.1) is 0 Å². The van der Waals surface area contributed by atoms with Crippen molar-refractivity contribution in [1.29, 1.82) is 0 Å². The highest BCUT2D eigenvalue weighted by molar-refractivity contribution is 5.11. The number of ether oxygens (including phenoxy) is 2. The minimum Gasteiger partial charge on any atom is -0.344 e. The lowest BCUT2D eigenvalue weighted by Crippen LogP contribution is -2.21. The molecule has 4 nitrogen and oxygen atoms in total. The largest absolute Gasteiger partial charge is 0.344 e. The van der Waals surface area contributed by atoms with Crippen LogP contribution in [0.25, 0.3) is 0 Å². The van der Waals surface area contributed by atoms with Crippen LogP contribution in [0.5, 0.6) is 0 Å². The normalized spacial score (nSPS) is 21.5. The average Bonchev–Trinajstić information content (AvgIpc) is 2.59. The van der Waals surface area contributed by atoms with Crippen LogP contribution in [0.3, 0.4) is 0 Å². The molecule has 0 unspecified atom stereocenters. The van der Waals surface area contributed by atoms with Gasteiger partial charge in [-0.2, -0.15) is 5.10 Å². The number of hydrogen-bond acceptors (Lipinski definition) is 3. The third-order valence-electron chi connectivity index (χ3n) is 2.07. The molecule has 0 amide bonds. The maximum absolute atomic E-state index is 5.46. The Balaban J connectivity index is 2.28. The standard InChI is InChI=1S/C8H12N2O2/c1-8(11-3-4-12-8)7-5-9-10(2)6-7/h5-6H,3-4H2,1-2H3. The lowest BCUT2D eigenvalue weighted by molar-refractivity contribution is -0.149. The summed E-state index contributed by atoms with van der Waals surface area (Å²) in [7, 11) is 1.88. The van der Waals surface area contributed by atoms with Gasteiger partial charge in [0, 0.05) is 18.8 Å². The van der Waals surface area contributed by atoms with Crippen molar-refractivity contribution in [2.75, 3.05) is 13.2 Å². The topological polar surface area (TPSA) is 36.3 Å². The number of hydrogen-bond donors (Lipinski definition) is 0. The van der Waals surface area contributed by atoms with Crippen LogP contribution in [-0.4, -0.2) is 23.0 Å². The Kier molecular flexibility index (Phi) is 1.66. The van der Waals surface area contributed by atoms with E-state index in [-0.39, 0.29) is 0 Å². The molecule has 0 N–H and O–H groups in total. The highest BCUT2D eigenvalue weighted by atomic mass is 16.7. The van der Waals surface area contributed by atoms with Crippen molar-refractivity contribution in [1.82, 2.24) is 9.78 Å². The summed E-state index contributed by atoms with van der Waals surface area (Å²) in [5.74, 6) is -0.575. The van der Waals surface area contributed by atoms with E-state index in [0.29, 0.717) is 13.2 Å². The van der Waals surface area contributed by atoms with E-state index in [0.717, 1.165) is 5.56 Å². The molecule has 0 atom stereocenters. The van der Waals surface area contributed by atoms with E-state index >= 15 is 0 Å². The molecular formula is C8H12N2O2. The molecule has 1 saturated heterocycles. The molecule has 1 aliphatic rings. The van der Waals surface area contributed by atoms with Crippen LogP contribution in [0, 0.1) is 0 Å². The Morgan fingerprint density at radius 1 is 1.50 bits per heavy atom. The van der Waals surface area contributed by atoms with Crippen molar-refractivity contribution >= 4 is 0 Å². The minimum absolute atomic E-state index is 0.575. The molecule has 1 aromatic heterocycles. The van der Waals surface area contributed by atoms with Crippen molar-refractivity contribution < 1.29 is 9.47 Å². The van der Waals surface area contributed by atoms with E-state index in [9.17, 15) is 0 Å².